The SMILES string of the molecule is NC(=O)CCCC=CC[C@H]1[C@H](C=CC(O)C2CCCCC2)[C@@H]2CC[C@H]1O2. The Morgan fingerprint density at radius 3 is 2.65 bits per heavy atom. The lowest BCUT2D eigenvalue weighted by atomic mass is 9.76. The Morgan fingerprint density at radius 2 is 1.88 bits per heavy atom. The molecule has 3 fully saturated rings. The van der Waals surface area contributed by atoms with Crippen LogP contribution in [0.15, 0.2) is 24.3 Å². The molecule has 0 spiro atoms. The summed E-state index contributed by atoms with van der Waals surface area (Å²) >= 11 is 0. The maximum atomic E-state index is 10.8. The van der Waals surface area contributed by atoms with Gasteiger partial charge in [-0.05, 0) is 56.8 Å². The summed E-state index contributed by atoms with van der Waals surface area (Å²) in [5, 5.41) is 10.5. The number of aliphatic hydroxyl groups excluding tert-OH is 1. The first kappa shape index (κ1) is 19.6. The van der Waals surface area contributed by atoms with Gasteiger partial charge < -0.3 is 15.6 Å². The van der Waals surface area contributed by atoms with E-state index in [1.54, 1.807) is 0 Å². The van der Waals surface area contributed by atoms with Gasteiger partial charge in [-0.15, -0.1) is 0 Å². The van der Waals surface area contributed by atoms with Gasteiger partial charge in [-0.25, -0.2) is 0 Å². The van der Waals surface area contributed by atoms with Gasteiger partial charge in [0.2, 0.25) is 5.91 Å². The van der Waals surface area contributed by atoms with E-state index in [1.807, 2.05) is 0 Å². The summed E-state index contributed by atoms with van der Waals surface area (Å²) < 4.78 is 6.16. The van der Waals surface area contributed by atoms with E-state index in [9.17, 15) is 9.90 Å². The third-order valence-corrected chi connectivity index (χ3v) is 6.52. The van der Waals surface area contributed by atoms with Crippen molar-refractivity contribution in [3.05, 3.63) is 24.3 Å². The zero-order valence-corrected chi connectivity index (χ0v) is 15.9. The van der Waals surface area contributed by atoms with Crippen LogP contribution in [0.2, 0.25) is 0 Å². The molecule has 3 rings (SSSR count). The molecule has 0 aromatic heterocycles. The molecule has 2 bridgehead atoms. The number of hydrogen-bond acceptors (Lipinski definition) is 3. The molecule has 2 saturated heterocycles. The van der Waals surface area contributed by atoms with Crippen LogP contribution in [-0.4, -0.2) is 29.3 Å². The number of rotatable bonds is 9. The molecule has 1 aliphatic carbocycles. The maximum Gasteiger partial charge on any atom is 0.217 e. The lowest BCUT2D eigenvalue weighted by Gasteiger charge is -2.27. The third-order valence-electron chi connectivity index (χ3n) is 6.52. The molecular weight excluding hydrogens is 326 g/mol. The van der Waals surface area contributed by atoms with Crippen LogP contribution in [0.1, 0.15) is 70.6 Å². The summed E-state index contributed by atoms with van der Waals surface area (Å²) in [5.74, 6) is 1.18. The number of unbranched alkanes of at least 4 members (excludes halogenated alkanes) is 1. The Kier molecular flexibility index (Phi) is 7.32. The van der Waals surface area contributed by atoms with Crippen molar-refractivity contribution in [2.24, 2.45) is 23.5 Å². The Morgan fingerprint density at radius 1 is 1.12 bits per heavy atom. The Hall–Kier alpha value is -1.13. The fourth-order valence-electron chi connectivity index (χ4n) is 5.03. The molecule has 2 aliphatic heterocycles. The quantitative estimate of drug-likeness (QED) is 0.483. The fraction of sp³-hybridized carbons (Fsp3) is 0.773. The van der Waals surface area contributed by atoms with Crippen molar-refractivity contribution in [3.63, 3.8) is 0 Å². The molecule has 3 N–H and O–H groups in total. The number of ether oxygens (including phenoxy) is 1. The molecule has 4 heteroatoms. The summed E-state index contributed by atoms with van der Waals surface area (Å²) in [6.07, 6.45) is 20.9. The zero-order chi connectivity index (χ0) is 18.4. The molecule has 1 amide bonds. The summed E-state index contributed by atoms with van der Waals surface area (Å²) in [7, 11) is 0. The van der Waals surface area contributed by atoms with Crippen molar-refractivity contribution in [1.29, 1.82) is 0 Å². The average molecular weight is 362 g/mol. The molecule has 4 nitrogen and oxygen atoms in total. The second kappa shape index (κ2) is 9.70. The van der Waals surface area contributed by atoms with Gasteiger partial charge in [-0.3, -0.25) is 4.79 Å². The molecule has 0 radical (unpaired) electrons. The molecule has 1 unspecified atom stereocenters. The van der Waals surface area contributed by atoms with Gasteiger partial charge in [0.25, 0.3) is 0 Å². The Bertz CT molecular complexity index is 510. The van der Waals surface area contributed by atoms with Crippen LogP contribution in [0.25, 0.3) is 0 Å². The first-order valence-electron chi connectivity index (χ1n) is 10.6. The van der Waals surface area contributed by atoms with Gasteiger partial charge in [-0.2, -0.15) is 0 Å². The highest BCUT2D eigenvalue weighted by atomic mass is 16.5. The number of fused-ring (bicyclic) bond motifs is 2. The van der Waals surface area contributed by atoms with Gasteiger partial charge in [0, 0.05) is 12.3 Å². The number of hydrogen-bond donors (Lipinski definition) is 2. The average Bonchev–Trinajstić information content (AvgIpc) is 3.24. The van der Waals surface area contributed by atoms with E-state index in [2.05, 4.69) is 24.3 Å². The first-order valence-corrected chi connectivity index (χ1v) is 10.6. The molecule has 1 saturated carbocycles. The minimum Gasteiger partial charge on any atom is -0.389 e. The van der Waals surface area contributed by atoms with Crippen LogP contribution in [-0.2, 0) is 9.53 Å². The molecule has 5 atom stereocenters. The highest BCUT2D eigenvalue weighted by Gasteiger charge is 2.46. The molecule has 0 aromatic carbocycles. The van der Waals surface area contributed by atoms with E-state index in [1.165, 1.54) is 25.7 Å². The van der Waals surface area contributed by atoms with Gasteiger partial charge >= 0.3 is 0 Å². The van der Waals surface area contributed by atoms with Gasteiger partial charge in [0.15, 0.2) is 0 Å². The summed E-state index contributed by atoms with van der Waals surface area (Å²) in [5.41, 5.74) is 5.17. The zero-order valence-electron chi connectivity index (χ0n) is 15.9. The fourth-order valence-corrected chi connectivity index (χ4v) is 5.03. The molecule has 3 aliphatic rings. The highest BCUT2D eigenvalue weighted by molar-refractivity contribution is 5.73. The van der Waals surface area contributed by atoms with Gasteiger partial charge in [-0.1, -0.05) is 43.6 Å². The number of carbonyl (C=O) groups is 1. The lowest BCUT2D eigenvalue weighted by molar-refractivity contribution is -0.118. The van der Waals surface area contributed by atoms with E-state index in [-0.39, 0.29) is 12.0 Å². The number of aliphatic hydroxyl groups is 1. The molecular formula is C22H35NO3. The van der Waals surface area contributed by atoms with E-state index in [0.29, 0.717) is 36.4 Å². The molecule has 26 heavy (non-hydrogen) atoms. The maximum absolute atomic E-state index is 10.8. The van der Waals surface area contributed by atoms with Crippen molar-refractivity contribution in [2.75, 3.05) is 0 Å². The minimum atomic E-state index is -0.292. The van der Waals surface area contributed by atoms with Crippen molar-refractivity contribution < 1.29 is 14.6 Å². The largest absolute Gasteiger partial charge is 0.389 e. The minimum absolute atomic E-state index is 0.221. The smallest absolute Gasteiger partial charge is 0.217 e. The highest BCUT2D eigenvalue weighted by Crippen LogP contribution is 2.46. The normalized spacial score (nSPS) is 33.4. The second-order valence-corrected chi connectivity index (χ2v) is 8.37. The van der Waals surface area contributed by atoms with E-state index in [0.717, 1.165) is 38.5 Å². The predicted octanol–water partition coefficient (Wildman–Crippen LogP) is 3.88. The number of amides is 1. The third kappa shape index (κ3) is 5.20. The van der Waals surface area contributed by atoms with Crippen molar-refractivity contribution in [1.82, 2.24) is 0 Å². The number of nitrogens with two attached hydrogens (primary N) is 1. The van der Waals surface area contributed by atoms with E-state index >= 15 is 0 Å². The predicted molar refractivity (Wildman–Crippen MR) is 103 cm³/mol. The second-order valence-electron chi connectivity index (χ2n) is 8.37. The molecule has 0 aromatic rings. The summed E-state index contributed by atoms with van der Waals surface area (Å²) in [6.45, 7) is 0. The van der Waals surface area contributed by atoms with Crippen LogP contribution >= 0.6 is 0 Å². The van der Waals surface area contributed by atoms with Crippen molar-refractivity contribution in [3.8, 4) is 0 Å². The summed E-state index contributed by atoms with van der Waals surface area (Å²) in [4.78, 5) is 10.8. The standard InChI is InChI=1S/C22H35NO3/c23-22(25)11-7-2-1-6-10-17-18(21-15-14-20(17)26-21)12-13-19(24)16-8-4-3-5-9-16/h1,6,12-13,16-21,24H,2-5,7-11,14-15H2,(H2,23,25)/t17-,18-,19?,20+,21-/m0/s1. The van der Waals surface area contributed by atoms with E-state index < -0.39 is 0 Å². The number of allylic oxidation sites excluding steroid dienone is 2. The Balaban J connectivity index is 1.49. The lowest BCUT2D eigenvalue weighted by Crippen LogP contribution is -2.26. The van der Waals surface area contributed by atoms with Crippen LogP contribution in [0, 0.1) is 17.8 Å². The molecule has 2 heterocycles. The number of primary amides is 1. The van der Waals surface area contributed by atoms with Crippen LogP contribution in [0.4, 0.5) is 0 Å². The van der Waals surface area contributed by atoms with Gasteiger partial charge in [0.05, 0.1) is 18.3 Å². The summed E-state index contributed by atoms with van der Waals surface area (Å²) in [6, 6.07) is 0. The Labute approximate surface area is 157 Å². The number of carbonyl (C=O) groups excluding carboxylic acids is 1. The van der Waals surface area contributed by atoms with Crippen LogP contribution in [0.3, 0.4) is 0 Å². The van der Waals surface area contributed by atoms with Crippen LogP contribution in [0.5, 0.6) is 0 Å². The van der Waals surface area contributed by atoms with Gasteiger partial charge in [0.1, 0.15) is 0 Å². The monoisotopic (exact) mass is 361 g/mol. The topological polar surface area (TPSA) is 72.6 Å². The van der Waals surface area contributed by atoms with Crippen molar-refractivity contribution >= 4 is 5.91 Å². The van der Waals surface area contributed by atoms with Crippen LogP contribution < -0.4 is 5.73 Å². The van der Waals surface area contributed by atoms with E-state index in [4.69, 9.17) is 10.5 Å². The molecule has 146 valence electrons. The first-order chi connectivity index (χ1) is 12.6. The van der Waals surface area contributed by atoms with Crippen molar-refractivity contribution in [2.45, 2.75) is 88.9 Å².